The first kappa shape index (κ1) is 42.7. The molecule has 3 amide bonds. The van der Waals surface area contributed by atoms with Crippen molar-refractivity contribution in [3.8, 4) is 0 Å². The quantitative estimate of drug-likeness (QED) is 0.159. The summed E-state index contributed by atoms with van der Waals surface area (Å²) in [6, 6.07) is 6.86. The average Bonchev–Trinajstić information content (AvgIpc) is 3.58. The highest BCUT2D eigenvalue weighted by Crippen LogP contribution is 2.28. The summed E-state index contributed by atoms with van der Waals surface area (Å²) in [4.78, 5) is 82.2. The highest BCUT2D eigenvalue weighted by molar-refractivity contribution is 5.96. The van der Waals surface area contributed by atoms with Crippen molar-refractivity contribution >= 4 is 35.4 Å². The summed E-state index contributed by atoms with van der Waals surface area (Å²) in [6.45, 7) is 13.4. The minimum atomic E-state index is -0.925. The molecule has 0 bridgehead atoms. The van der Waals surface area contributed by atoms with Crippen LogP contribution >= 0.6 is 0 Å². The third-order valence-electron chi connectivity index (χ3n) is 9.87. The fourth-order valence-electron chi connectivity index (χ4n) is 7.16. The molecule has 0 unspecified atom stereocenters. The largest absolute Gasteiger partial charge is 0.460 e. The molecule has 1 aliphatic carbocycles. The molecule has 1 saturated carbocycles. The first-order valence-corrected chi connectivity index (χ1v) is 19.4. The number of benzene rings is 1. The van der Waals surface area contributed by atoms with Crippen molar-refractivity contribution < 1.29 is 38.2 Å². The van der Waals surface area contributed by atoms with E-state index < -0.39 is 53.5 Å². The molecule has 52 heavy (non-hydrogen) atoms. The molecule has 2 fully saturated rings. The van der Waals surface area contributed by atoms with Crippen LogP contribution in [0.3, 0.4) is 0 Å². The van der Waals surface area contributed by atoms with Crippen LogP contribution in [0.2, 0.25) is 0 Å². The van der Waals surface area contributed by atoms with Gasteiger partial charge in [0.05, 0.1) is 12.1 Å². The van der Waals surface area contributed by atoms with Crippen LogP contribution in [-0.4, -0.2) is 70.6 Å². The summed E-state index contributed by atoms with van der Waals surface area (Å²) < 4.78 is 11.0. The number of esters is 1. The lowest BCUT2D eigenvalue weighted by molar-refractivity contribution is -0.155. The Hall–Kier alpha value is -3.76. The summed E-state index contributed by atoms with van der Waals surface area (Å²) >= 11 is 0. The third-order valence-corrected chi connectivity index (χ3v) is 9.87. The number of Topliss-reactive ketones (excluding diaryl/α,β-unsaturated/α-hetero) is 2. The maximum absolute atomic E-state index is 14.0. The molecule has 1 saturated heterocycles. The number of likely N-dealkylation sites (tertiary alicyclic amines) is 1. The predicted octanol–water partition coefficient (Wildman–Crippen LogP) is 6.70. The van der Waals surface area contributed by atoms with Gasteiger partial charge in [0.1, 0.15) is 18.2 Å². The number of ketones is 2. The maximum Gasteiger partial charge on any atom is 0.410 e. The Morgan fingerprint density at radius 2 is 1.54 bits per heavy atom. The van der Waals surface area contributed by atoms with Gasteiger partial charge in [-0.3, -0.25) is 28.9 Å². The molecule has 4 atom stereocenters. The van der Waals surface area contributed by atoms with Crippen molar-refractivity contribution in [3.63, 3.8) is 0 Å². The topological polar surface area (TPSA) is 148 Å². The van der Waals surface area contributed by atoms with E-state index in [0.717, 1.165) is 31.2 Å². The number of carbonyl (C=O) groups is 6. The summed E-state index contributed by atoms with van der Waals surface area (Å²) in [5, 5.41) is 5.85. The molecule has 1 aromatic carbocycles. The lowest BCUT2D eigenvalue weighted by Gasteiger charge is -2.29. The lowest BCUT2D eigenvalue weighted by Crippen LogP contribution is -2.52. The van der Waals surface area contributed by atoms with Crippen LogP contribution in [0, 0.1) is 23.7 Å². The smallest absolute Gasteiger partial charge is 0.410 e. The second kappa shape index (κ2) is 20.5. The summed E-state index contributed by atoms with van der Waals surface area (Å²) in [5.41, 5.74) is 0.116. The second-order valence-electron chi connectivity index (χ2n) is 16.5. The van der Waals surface area contributed by atoms with Crippen LogP contribution in [0.1, 0.15) is 131 Å². The van der Waals surface area contributed by atoms with Gasteiger partial charge in [-0.1, -0.05) is 90.1 Å². The first-order chi connectivity index (χ1) is 24.5. The van der Waals surface area contributed by atoms with E-state index in [2.05, 4.69) is 10.6 Å². The van der Waals surface area contributed by atoms with E-state index in [0.29, 0.717) is 38.1 Å². The zero-order valence-corrected chi connectivity index (χ0v) is 32.5. The van der Waals surface area contributed by atoms with Gasteiger partial charge in [0.25, 0.3) is 0 Å². The van der Waals surface area contributed by atoms with Crippen molar-refractivity contribution in [1.82, 2.24) is 15.5 Å². The van der Waals surface area contributed by atoms with E-state index in [1.54, 1.807) is 20.8 Å². The van der Waals surface area contributed by atoms with E-state index in [1.807, 2.05) is 58.0 Å². The Labute approximate surface area is 310 Å². The molecule has 11 nitrogen and oxygen atoms in total. The number of hydrogen-bond acceptors (Lipinski definition) is 8. The number of carbonyl (C=O) groups excluding carboxylic acids is 6. The van der Waals surface area contributed by atoms with Crippen molar-refractivity contribution in [2.75, 3.05) is 6.54 Å². The molecule has 290 valence electrons. The monoisotopic (exact) mass is 725 g/mol. The van der Waals surface area contributed by atoms with Gasteiger partial charge in [-0.2, -0.15) is 0 Å². The van der Waals surface area contributed by atoms with Crippen LogP contribution in [0.25, 0.3) is 0 Å². The van der Waals surface area contributed by atoms with Crippen LogP contribution < -0.4 is 10.6 Å². The number of hydrogen-bond donors (Lipinski definition) is 2. The zero-order valence-electron chi connectivity index (χ0n) is 32.5. The van der Waals surface area contributed by atoms with Crippen molar-refractivity contribution in [3.05, 3.63) is 35.9 Å². The van der Waals surface area contributed by atoms with Gasteiger partial charge in [0.15, 0.2) is 11.6 Å². The highest BCUT2D eigenvalue weighted by Gasteiger charge is 2.38. The number of amides is 3. The van der Waals surface area contributed by atoms with E-state index >= 15 is 0 Å². The standard InChI is InChI=1S/C41H63N3O8/c1-27(2)23-32(42-39(49)33-19-14-22-44(33)40(50)51-26-30-17-12-9-13-18-30)34(45)25-31(20-21-36(47)52-41(5,6)7)38(48)43-37(28(3)4)35(46)24-29-15-10-8-11-16-29/h9,12-13,17-18,27-29,31-33,37H,8,10-11,14-16,19-26H2,1-7H3,(H,42,49)(H,43,48)/t31-,32+,33+,37+/m1/s1. The second-order valence-corrected chi connectivity index (χ2v) is 16.5. The third kappa shape index (κ3) is 14.3. The van der Waals surface area contributed by atoms with E-state index in [4.69, 9.17) is 9.47 Å². The molecule has 1 aliphatic heterocycles. The first-order valence-electron chi connectivity index (χ1n) is 19.4. The fraction of sp³-hybridized carbons (Fsp3) is 0.707. The highest BCUT2D eigenvalue weighted by atomic mass is 16.6. The minimum absolute atomic E-state index is 0.0131. The molecular formula is C41H63N3O8. The molecule has 0 aromatic heterocycles. The van der Waals surface area contributed by atoms with Gasteiger partial charge in [-0.05, 0) is 69.8 Å². The van der Waals surface area contributed by atoms with Gasteiger partial charge in [-0.15, -0.1) is 0 Å². The van der Waals surface area contributed by atoms with Crippen LogP contribution in [0.5, 0.6) is 0 Å². The summed E-state index contributed by atoms with van der Waals surface area (Å²) in [6.07, 6.45) is 6.32. The Morgan fingerprint density at radius 1 is 0.865 bits per heavy atom. The van der Waals surface area contributed by atoms with Crippen molar-refractivity contribution in [1.29, 1.82) is 0 Å². The number of ether oxygens (including phenoxy) is 2. The van der Waals surface area contributed by atoms with Gasteiger partial charge in [-0.25, -0.2) is 4.79 Å². The molecule has 3 rings (SSSR count). The molecule has 0 spiro atoms. The fourth-order valence-corrected chi connectivity index (χ4v) is 7.16. The molecule has 1 heterocycles. The van der Waals surface area contributed by atoms with Gasteiger partial charge < -0.3 is 20.1 Å². The SMILES string of the molecule is CC(C)C[C@H](NC(=O)[C@@H]1CCCN1C(=O)OCc1ccccc1)C(=O)C[C@@H](CCC(=O)OC(C)(C)C)C(=O)N[C@H](C(=O)CC1CCCCC1)C(C)C. The average molecular weight is 726 g/mol. The minimum Gasteiger partial charge on any atom is -0.460 e. The van der Waals surface area contributed by atoms with Crippen molar-refractivity contribution in [2.24, 2.45) is 23.7 Å². The maximum atomic E-state index is 14.0. The van der Waals surface area contributed by atoms with E-state index in [9.17, 15) is 28.8 Å². The summed E-state index contributed by atoms with van der Waals surface area (Å²) in [7, 11) is 0. The van der Waals surface area contributed by atoms with E-state index in [-0.39, 0.29) is 49.3 Å². The Morgan fingerprint density at radius 3 is 2.15 bits per heavy atom. The normalized spacial score (nSPS) is 18.4. The number of rotatable bonds is 18. The lowest BCUT2D eigenvalue weighted by atomic mass is 9.83. The number of nitrogens with one attached hydrogen (secondary N) is 2. The Balaban J connectivity index is 1.74. The molecule has 2 aliphatic rings. The zero-order chi connectivity index (χ0) is 38.4. The summed E-state index contributed by atoms with van der Waals surface area (Å²) in [5.74, 6) is -2.51. The molecule has 2 N–H and O–H groups in total. The van der Waals surface area contributed by atoms with Crippen LogP contribution in [0.4, 0.5) is 4.79 Å². The molecular weight excluding hydrogens is 662 g/mol. The van der Waals surface area contributed by atoms with Gasteiger partial charge >= 0.3 is 12.1 Å². The van der Waals surface area contributed by atoms with Gasteiger partial charge in [0, 0.05) is 31.7 Å². The van der Waals surface area contributed by atoms with Gasteiger partial charge in [0.2, 0.25) is 11.8 Å². The molecule has 11 heteroatoms. The number of nitrogens with zero attached hydrogens (tertiary/aromatic N) is 1. The van der Waals surface area contributed by atoms with Crippen LogP contribution in [-0.2, 0) is 40.1 Å². The molecule has 0 radical (unpaired) electrons. The Bertz CT molecular complexity index is 1350. The molecule has 1 aromatic rings. The van der Waals surface area contributed by atoms with E-state index in [1.165, 1.54) is 11.3 Å². The predicted molar refractivity (Wildman–Crippen MR) is 199 cm³/mol. The van der Waals surface area contributed by atoms with Crippen LogP contribution in [0.15, 0.2) is 30.3 Å². The Kier molecular flexibility index (Phi) is 16.8. The van der Waals surface area contributed by atoms with Crippen molar-refractivity contribution in [2.45, 2.75) is 156 Å².